The lowest BCUT2D eigenvalue weighted by atomic mass is 10.0. The average Bonchev–Trinajstić information content (AvgIpc) is 2.45. The zero-order valence-electron chi connectivity index (χ0n) is 14.0. The molecule has 0 spiro atoms. The Balaban J connectivity index is 2.65. The van der Waals surface area contributed by atoms with Gasteiger partial charge in [-0.2, -0.15) is 0 Å². The predicted octanol–water partition coefficient (Wildman–Crippen LogP) is 4.18. The molecule has 0 aliphatic rings. The van der Waals surface area contributed by atoms with Gasteiger partial charge in [0, 0.05) is 6.04 Å². The molecule has 1 rings (SSSR count). The van der Waals surface area contributed by atoms with Crippen molar-refractivity contribution >= 4 is 0 Å². The number of ether oxygens (including phenoxy) is 2. The highest BCUT2D eigenvalue weighted by atomic mass is 16.5. The topological polar surface area (TPSA) is 44.5 Å². The molecule has 1 atom stereocenters. The highest BCUT2D eigenvalue weighted by Gasteiger charge is 2.09. The van der Waals surface area contributed by atoms with Crippen molar-refractivity contribution in [2.24, 2.45) is 11.7 Å². The van der Waals surface area contributed by atoms with E-state index in [9.17, 15) is 0 Å². The highest BCUT2D eigenvalue weighted by molar-refractivity contribution is 5.43. The second-order valence-electron chi connectivity index (χ2n) is 5.97. The molecule has 1 aromatic rings. The molecule has 1 aromatic carbocycles. The smallest absolute Gasteiger partial charge is 0.161 e. The Morgan fingerprint density at radius 2 is 1.86 bits per heavy atom. The van der Waals surface area contributed by atoms with Crippen molar-refractivity contribution in [1.29, 1.82) is 0 Å². The molecule has 0 heterocycles. The van der Waals surface area contributed by atoms with Crippen LogP contribution in [-0.4, -0.2) is 19.3 Å². The van der Waals surface area contributed by atoms with Gasteiger partial charge in [-0.15, -0.1) is 0 Å². The predicted molar refractivity (Wildman–Crippen MR) is 89.1 cm³/mol. The summed E-state index contributed by atoms with van der Waals surface area (Å²) in [4.78, 5) is 0. The molecule has 21 heavy (non-hydrogen) atoms. The molecular weight excluding hydrogens is 262 g/mol. The number of hydrogen-bond donors (Lipinski definition) is 1. The third-order valence-corrected chi connectivity index (χ3v) is 3.51. The van der Waals surface area contributed by atoms with Crippen molar-refractivity contribution in [3.63, 3.8) is 0 Å². The van der Waals surface area contributed by atoms with Crippen LogP contribution in [0.1, 0.15) is 52.5 Å². The summed E-state index contributed by atoms with van der Waals surface area (Å²) >= 11 is 0. The summed E-state index contributed by atoms with van der Waals surface area (Å²) in [5.41, 5.74) is 7.23. The van der Waals surface area contributed by atoms with Crippen LogP contribution in [0.15, 0.2) is 18.2 Å². The fourth-order valence-corrected chi connectivity index (χ4v) is 2.19. The van der Waals surface area contributed by atoms with Gasteiger partial charge in [-0.3, -0.25) is 0 Å². The molecule has 0 amide bonds. The molecule has 0 bridgehead atoms. The molecule has 1 unspecified atom stereocenters. The first-order valence-electron chi connectivity index (χ1n) is 8.20. The molecule has 3 heteroatoms. The van der Waals surface area contributed by atoms with Crippen molar-refractivity contribution in [1.82, 2.24) is 0 Å². The first-order chi connectivity index (χ1) is 10.1. The molecular formula is C18H31NO2. The zero-order valence-corrected chi connectivity index (χ0v) is 14.0. The van der Waals surface area contributed by atoms with E-state index in [4.69, 9.17) is 15.2 Å². The van der Waals surface area contributed by atoms with Gasteiger partial charge >= 0.3 is 0 Å². The van der Waals surface area contributed by atoms with Crippen LogP contribution in [0.3, 0.4) is 0 Å². The minimum Gasteiger partial charge on any atom is -0.490 e. The standard InChI is InChI=1S/C18H31NO2/c1-5-16(19)12-15-9-10-17(18(13-15)20-6-2)21-11-7-8-14(3)4/h9-10,13-14,16H,5-8,11-12,19H2,1-4H3. The second kappa shape index (κ2) is 9.67. The molecule has 0 saturated carbocycles. The van der Waals surface area contributed by atoms with E-state index in [0.717, 1.165) is 43.3 Å². The van der Waals surface area contributed by atoms with Gasteiger partial charge < -0.3 is 15.2 Å². The van der Waals surface area contributed by atoms with Crippen molar-refractivity contribution in [3.8, 4) is 11.5 Å². The maximum Gasteiger partial charge on any atom is 0.161 e. The molecule has 0 aliphatic carbocycles. The fraction of sp³-hybridized carbons (Fsp3) is 0.667. The molecule has 0 aliphatic heterocycles. The molecule has 3 nitrogen and oxygen atoms in total. The lowest BCUT2D eigenvalue weighted by molar-refractivity contribution is 0.266. The van der Waals surface area contributed by atoms with E-state index in [-0.39, 0.29) is 6.04 Å². The van der Waals surface area contributed by atoms with Crippen molar-refractivity contribution in [2.75, 3.05) is 13.2 Å². The summed E-state index contributed by atoms with van der Waals surface area (Å²) in [6, 6.07) is 6.38. The van der Waals surface area contributed by atoms with Gasteiger partial charge in [0.05, 0.1) is 13.2 Å². The highest BCUT2D eigenvalue weighted by Crippen LogP contribution is 2.29. The molecule has 2 N–H and O–H groups in total. The third-order valence-electron chi connectivity index (χ3n) is 3.51. The largest absolute Gasteiger partial charge is 0.490 e. The third kappa shape index (κ3) is 6.85. The Bertz CT molecular complexity index is 404. The molecule has 120 valence electrons. The minimum absolute atomic E-state index is 0.206. The lowest BCUT2D eigenvalue weighted by Crippen LogP contribution is -2.21. The SMILES string of the molecule is CCOc1cc(CC(N)CC)ccc1OCCCC(C)C. The van der Waals surface area contributed by atoms with E-state index in [1.807, 2.05) is 13.0 Å². The van der Waals surface area contributed by atoms with Crippen LogP contribution < -0.4 is 15.2 Å². The first kappa shape index (κ1) is 17.8. The Hall–Kier alpha value is -1.22. The summed E-state index contributed by atoms with van der Waals surface area (Å²) in [5, 5.41) is 0. The molecule has 0 aromatic heterocycles. The number of nitrogens with two attached hydrogens (primary N) is 1. The van der Waals surface area contributed by atoms with Crippen molar-refractivity contribution in [2.45, 2.75) is 59.4 Å². The Morgan fingerprint density at radius 1 is 1.10 bits per heavy atom. The lowest BCUT2D eigenvalue weighted by Gasteiger charge is -2.15. The van der Waals surface area contributed by atoms with E-state index >= 15 is 0 Å². The summed E-state index contributed by atoms with van der Waals surface area (Å²) < 4.78 is 11.6. The van der Waals surface area contributed by atoms with E-state index in [0.29, 0.717) is 6.61 Å². The van der Waals surface area contributed by atoms with E-state index in [1.54, 1.807) is 0 Å². The quantitative estimate of drug-likeness (QED) is 0.658. The number of hydrogen-bond acceptors (Lipinski definition) is 3. The number of benzene rings is 1. The minimum atomic E-state index is 0.206. The summed E-state index contributed by atoms with van der Waals surface area (Å²) in [7, 11) is 0. The van der Waals surface area contributed by atoms with Crippen LogP contribution in [0.4, 0.5) is 0 Å². The summed E-state index contributed by atoms with van der Waals surface area (Å²) in [6.45, 7) is 9.96. The van der Waals surface area contributed by atoms with Crippen molar-refractivity contribution < 1.29 is 9.47 Å². The van der Waals surface area contributed by atoms with Gasteiger partial charge in [-0.1, -0.05) is 26.8 Å². The normalized spacial score (nSPS) is 12.5. The van der Waals surface area contributed by atoms with Gasteiger partial charge in [0.15, 0.2) is 11.5 Å². The van der Waals surface area contributed by atoms with Crippen LogP contribution in [0.5, 0.6) is 11.5 Å². The summed E-state index contributed by atoms with van der Waals surface area (Å²) in [5.74, 6) is 2.40. The van der Waals surface area contributed by atoms with Gasteiger partial charge in [-0.05, 0) is 56.2 Å². The van der Waals surface area contributed by atoms with Gasteiger partial charge in [0.25, 0.3) is 0 Å². The van der Waals surface area contributed by atoms with Crippen LogP contribution in [0.2, 0.25) is 0 Å². The Kier molecular flexibility index (Phi) is 8.21. The first-order valence-corrected chi connectivity index (χ1v) is 8.20. The van der Waals surface area contributed by atoms with Gasteiger partial charge in [0.1, 0.15) is 0 Å². The van der Waals surface area contributed by atoms with Crippen LogP contribution >= 0.6 is 0 Å². The van der Waals surface area contributed by atoms with E-state index < -0.39 is 0 Å². The fourth-order valence-electron chi connectivity index (χ4n) is 2.19. The molecule has 0 fully saturated rings. The van der Waals surface area contributed by atoms with Crippen LogP contribution in [0, 0.1) is 5.92 Å². The van der Waals surface area contributed by atoms with Gasteiger partial charge in [-0.25, -0.2) is 0 Å². The second-order valence-corrected chi connectivity index (χ2v) is 5.97. The van der Waals surface area contributed by atoms with E-state index in [1.165, 1.54) is 12.0 Å². The van der Waals surface area contributed by atoms with Crippen LogP contribution in [0.25, 0.3) is 0 Å². The summed E-state index contributed by atoms with van der Waals surface area (Å²) in [6.07, 6.45) is 4.13. The van der Waals surface area contributed by atoms with Crippen LogP contribution in [-0.2, 0) is 6.42 Å². The monoisotopic (exact) mass is 293 g/mol. The maximum atomic E-state index is 6.02. The molecule has 0 saturated heterocycles. The Labute approximate surface area is 129 Å². The number of rotatable bonds is 10. The van der Waals surface area contributed by atoms with Crippen molar-refractivity contribution in [3.05, 3.63) is 23.8 Å². The average molecular weight is 293 g/mol. The molecule has 0 radical (unpaired) electrons. The maximum absolute atomic E-state index is 6.02. The Morgan fingerprint density at radius 3 is 2.48 bits per heavy atom. The van der Waals surface area contributed by atoms with Gasteiger partial charge in [0.2, 0.25) is 0 Å². The zero-order chi connectivity index (χ0) is 15.7. The van der Waals surface area contributed by atoms with E-state index in [2.05, 4.69) is 32.9 Å².